The summed E-state index contributed by atoms with van der Waals surface area (Å²) in [6, 6.07) is 25.8. The first-order valence-electron chi connectivity index (χ1n) is 10.1. The van der Waals surface area contributed by atoms with Crippen LogP contribution in [0.3, 0.4) is 0 Å². The van der Waals surface area contributed by atoms with Crippen molar-refractivity contribution in [1.29, 1.82) is 0 Å². The lowest BCUT2D eigenvalue weighted by molar-refractivity contribution is -0.131. The molecular formula is C25H19N3O4. The van der Waals surface area contributed by atoms with Gasteiger partial charge in [-0.1, -0.05) is 60.7 Å². The van der Waals surface area contributed by atoms with Crippen molar-refractivity contribution in [2.24, 2.45) is 0 Å². The maximum absolute atomic E-state index is 13.0. The highest BCUT2D eigenvalue weighted by atomic mass is 16.6. The van der Waals surface area contributed by atoms with Gasteiger partial charge in [0, 0.05) is 10.9 Å². The first-order valence-corrected chi connectivity index (χ1v) is 10.1. The summed E-state index contributed by atoms with van der Waals surface area (Å²) in [5, 5.41) is 0.685. The highest BCUT2D eigenvalue weighted by Crippen LogP contribution is 2.31. The number of carbonyl (C=O) groups excluding carboxylic acids is 2. The molecule has 0 aliphatic carbocycles. The molecule has 2 N–H and O–H groups in total. The summed E-state index contributed by atoms with van der Waals surface area (Å²) >= 11 is 0. The zero-order valence-corrected chi connectivity index (χ0v) is 16.9. The summed E-state index contributed by atoms with van der Waals surface area (Å²) in [6.45, 7) is 0.0507. The van der Waals surface area contributed by atoms with Gasteiger partial charge in [0.05, 0.1) is 16.8 Å². The number of benzene rings is 3. The Bertz CT molecular complexity index is 1310. The van der Waals surface area contributed by atoms with Gasteiger partial charge in [0.15, 0.2) is 11.5 Å². The van der Waals surface area contributed by atoms with Crippen LogP contribution in [0.25, 0.3) is 22.2 Å². The molecule has 2 amide bonds. The van der Waals surface area contributed by atoms with Crippen molar-refractivity contribution < 1.29 is 19.1 Å². The highest BCUT2D eigenvalue weighted by Gasteiger charge is 2.27. The molecule has 7 nitrogen and oxygen atoms in total. The van der Waals surface area contributed by atoms with E-state index in [9.17, 15) is 9.59 Å². The Labute approximate surface area is 184 Å². The molecule has 1 aliphatic rings. The van der Waals surface area contributed by atoms with Gasteiger partial charge in [0.25, 0.3) is 11.8 Å². The van der Waals surface area contributed by atoms with E-state index in [0.717, 1.165) is 5.56 Å². The van der Waals surface area contributed by atoms with Crippen LogP contribution in [0.15, 0.2) is 84.9 Å². The number of hydrazine groups is 1. The molecule has 0 radical (unpaired) electrons. The summed E-state index contributed by atoms with van der Waals surface area (Å²) in [4.78, 5) is 30.2. The average molecular weight is 425 g/mol. The monoisotopic (exact) mass is 425 g/mol. The molecule has 2 heterocycles. The van der Waals surface area contributed by atoms with E-state index in [-0.39, 0.29) is 6.61 Å². The molecule has 0 fully saturated rings. The highest BCUT2D eigenvalue weighted by molar-refractivity contribution is 6.07. The van der Waals surface area contributed by atoms with Crippen LogP contribution in [0.4, 0.5) is 0 Å². The van der Waals surface area contributed by atoms with Gasteiger partial charge < -0.3 is 9.47 Å². The number of pyridine rings is 1. The molecule has 32 heavy (non-hydrogen) atoms. The smallest absolute Gasteiger partial charge is 0.283 e. The van der Waals surface area contributed by atoms with E-state index in [1.807, 2.05) is 60.7 Å². The predicted octanol–water partition coefficient (Wildman–Crippen LogP) is 3.50. The second-order valence-electron chi connectivity index (χ2n) is 7.25. The molecular weight excluding hydrogens is 406 g/mol. The van der Waals surface area contributed by atoms with Gasteiger partial charge in [-0.05, 0) is 24.3 Å². The topological polar surface area (TPSA) is 89.6 Å². The van der Waals surface area contributed by atoms with Crippen molar-refractivity contribution in [1.82, 2.24) is 15.8 Å². The van der Waals surface area contributed by atoms with E-state index >= 15 is 0 Å². The van der Waals surface area contributed by atoms with Gasteiger partial charge in [0.2, 0.25) is 6.10 Å². The van der Waals surface area contributed by atoms with Crippen LogP contribution < -0.4 is 20.3 Å². The van der Waals surface area contributed by atoms with E-state index in [2.05, 4.69) is 15.8 Å². The average Bonchev–Trinajstić information content (AvgIpc) is 2.86. The Morgan fingerprint density at radius 2 is 1.56 bits per heavy atom. The molecule has 0 spiro atoms. The molecule has 1 aromatic heterocycles. The summed E-state index contributed by atoms with van der Waals surface area (Å²) in [7, 11) is 0. The lowest BCUT2D eigenvalue weighted by Crippen LogP contribution is -2.50. The Morgan fingerprint density at radius 1 is 0.844 bits per heavy atom. The standard InChI is InChI=1S/C25H19N3O4/c29-24(27-28-25(30)23-15-31-21-12-6-7-13-22(21)32-23)18-14-20(16-8-2-1-3-9-16)26-19-11-5-4-10-17(18)19/h1-14,23H,15H2,(H,27,29)(H,28,30). The quantitative estimate of drug-likeness (QED) is 0.491. The molecule has 1 unspecified atom stereocenters. The lowest BCUT2D eigenvalue weighted by Gasteiger charge is -2.25. The number of ether oxygens (including phenoxy) is 2. The Balaban J connectivity index is 1.35. The third kappa shape index (κ3) is 3.83. The number of hydrogen-bond acceptors (Lipinski definition) is 5. The zero-order valence-electron chi connectivity index (χ0n) is 16.9. The molecule has 0 saturated carbocycles. The Kier molecular flexibility index (Phi) is 5.13. The van der Waals surface area contributed by atoms with E-state index in [1.165, 1.54) is 0 Å². The molecule has 7 heteroatoms. The van der Waals surface area contributed by atoms with E-state index in [1.54, 1.807) is 24.3 Å². The van der Waals surface area contributed by atoms with Crippen molar-refractivity contribution in [2.75, 3.05) is 6.61 Å². The van der Waals surface area contributed by atoms with Crippen molar-refractivity contribution in [3.8, 4) is 22.8 Å². The molecule has 0 bridgehead atoms. The second kappa shape index (κ2) is 8.39. The van der Waals surface area contributed by atoms with E-state index in [4.69, 9.17) is 9.47 Å². The summed E-state index contributed by atoms with van der Waals surface area (Å²) in [6.07, 6.45) is -0.876. The SMILES string of the molecule is O=C(NNC(=O)C1COc2ccccc2O1)c1cc(-c2ccccc2)nc2ccccc12. The number of para-hydroxylation sites is 3. The number of hydrogen-bond donors (Lipinski definition) is 2. The van der Waals surface area contributed by atoms with Gasteiger partial charge in [-0.25, -0.2) is 4.98 Å². The first-order chi connectivity index (χ1) is 15.7. The van der Waals surface area contributed by atoms with Gasteiger partial charge in [0.1, 0.15) is 6.61 Å². The zero-order chi connectivity index (χ0) is 21.9. The van der Waals surface area contributed by atoms with Crippen LogP contribution in [-0.4, -0.2) is 29.5 Å². The normalized spacial score (nSPS) is 14.6. The molecule has 4 aromatic rings. The van der Waals surface area contributed by atoms with Crippen LogP contribution in [0.1, 0.15) is 10.4 Å². The van der Waals surface area contributed by atoms with Crippen LogP contribution in [0, 0.1) is 0 Å². The fraction of sp³-hybridized carbons (Fsp3) is 0.0800. The summed E-state index contributed by atoms with van der Waals surface area (Å²) in [5.74, 6) is 0.107. The molecule has 0 saturated heterocycles. The van der Waals surface area contributed by atoms with Crippen molar-refractivity contribution in [2.45, 2.75) is 6.10 Å². The minimum Gasteiger partial charge on any atom is -0.485 e. The summed E-state index contributed by atoms with van der Waals surface area (Å²) < 4.78 is 11.2. The third-order valence-corrected chi connectivity index (χ3v) is 5.13. The summed E-state index contributed by atoms with van der Waals surface area (Å²) in [5.41, 5.74) is 7.58. The van der Waals surface area contributed by atoms with Crippen molar-refractivity contribution in [3.05, 3.63) is 90.5 Å². The fourth-order valence-electron chi connectivity index (χ4n) is 3.53. The molecule has 1 atom stereocenters. The number of nitrogens with one attached hydrogen (secondary N) is 2. The molecule has 5 rings (SSSR count). The Morgan fingerprint density at radius 3 is 2.41 bits per heavy atom. The van der Waals surface area contributed by atoms with Crippen LogP contribution in [-0.2, 0) is 4.79 Å². The first kappa shape index (κ1) is 19.6. The Hall–Kier alpha value is -4.39. The minimum atomic E-state index is -0.876. The third-order valence-electron chi connectivity index (χ3n) is 5.13. The van der Waals surface area contributed by atoms with E-state index < -0.39 is 17.9 Å². The van der Waals surface area contributed by atoms with Crippen LogP contribution in [0.2, 0.25) is 0 Å². The van der Waals surface area contributed by atoms with E-state index in [0.29, 0.717) is 33.7 Å². The van der Waals surface area contributed by atoms with Gasteiger partial charge in [-0.3, -0.25) is 20.4 Å². The molecule has 158 valence electrons. The number of fused-ring (bicyclic) bond motifs is 2. The number of amides is 2. The van der Waals surface area contributed by atoms with Gasteiger partial charge in [-0.2, -0.15) is 0 Å². The van der Waals surface area contributed by atoms with Crippen molar-refractivity contribution in [3.63, 3.8) is 0 Å². The lowest BCUT2D eigenvalue weighted by atomic mass is 10.0. The number of rotatable bonds is 3. The molecule has 1 aliphatic heterocycles. The van der Waals surface area contributed by atoms with Gasteiger partial charge in [-0.15, -0.1) is 0 Å². The number of carbonyl (C=O) groups is 2. The second-order valence-corrected chi connectivity index (χ2v) is 7.25. The maximum Gasteiger partial charge on any atom is 0.283 e. The van der Waals surface area contributed by atoms with Crippen molar-refractivity contribution >= 4 is 22.7 Å². The minimum absolute atomic E-state index is 0.0507. The largest absolute Gasteiger partial charge is 0.485 e. The van der Waals surface area contributed by atoms with Crippen LogP contribution >= 0.6 is 0 Å². The van der Waals surface area contributed by atoms with Crippen LogP contribution in [0.5, 0.6) is 11.5 Å². The molecule has 3 aromatic carbocycles. The number of nitrogens with zero attached hydrogens (tertiary/aromatic N) is 1. The predicted molar refractivity (Wildman–Crippen MR) is 119 cm³/mol. The number of aromatic nitrogens is 1. The fourth-order valence-corrected chi connectivity index (χ4v) is 3.53. The van der Waals surface area contributed by atoms with Gasteiger partial charge >= 0.3 is 0 Å². The maximum atomic E-state index is 13.0.